The average molecular weight is 399 g/mol. The van der Waals surface area contributed by atoms with Crippen molar-refractivity contribution in [3.63, 3.8) is 0 Å². The van der Waals surface area contributed by atoms with Gasteiger partial charge >= 0.3 is 0 Å². The molecule has 1 aliphatic heterocycles. The number of carbonyl (C=O) groups excluding carboxylic acids is 1. The van der Waals surface area contributed by atoms with Crippen LogP contribution in [0.5, 0.6) is 0 Å². The van der Waals surface area contributed by atoms with Gasteiger partial charge in [-0.2, -0.15) is 0 Å². The zero-order valence-electron chi connectivity index (χ0n) is 17.1. The number of nitrogens with one attached hydrogen (secondary N) is 2. The maximum Gasteiger partial charge on any atom is 0.222 e. The number of hydrogen-bond donors (Lipinski definition) is 3. The Morgan fingerprint density at radius 2 is 2.10 bits per heavy atom. The van der Waals surface area contributed by atoms with Crippen LogP contribution in [-0.4, -0.2) is 41.5 Å². The first-order valence-electron chi connectivity index (χ1n) is 10.1. The highest BCUT2D eigenvalue weighted by Gasteiger charge is 2.26. The van der Waals surface area contributed by atoms with Gasteiger partial charge in [-0.05, 0) is 43.5 Å². The van der Waals surface area contributed by atoms with Crippen LogP contribution in [-0.2, 0) is 23.5 Å². The van der Waals surface area contributed by atoms with Crippen molar-refractivity contribution in [3.8, 4) is 0 Å². The fraction of sp³-hybridized carbons (Fsp3) is 0.455. The summed E-state index contributed by atoms with van der Waals surface area (Å²) in [6.07, 6.45) is 3.15. The molecule has 3 N–H and O–H groups in total. The number of aliphatic imine (C=N–C) groups is 1. The van der Waals surface area contributed by atoms with Crippen LogP contribution in [0.2, 0.25) is 0 Å². The van der Waals surface area contributed by atoms with Gasteiger partial charge < -0.3 is 25.1 Å². The van der Waals surface area contributed by atoms with Gasteiger partial charge in [0.2, 0.25) is 5.91 Å². The summed E-state index contributed by atoms with van der Waals surface area (Å²) in [6.45, 7) is 6.67. The minimum atomic E-state index is -1.14. The highest BCUT2D eigenvalue weighted by atomic mass is 16.4. The largest absolute Gasteiger partial charge is 0.466 e. The Hall–Kier alpha value is -2.80. The third-order valence-corrected chi connectivity index (χ3v) is 4.95. The molecule has 156 valence electrons. The van der Waals surface area contributed by atoms with E-state index in [-0.39, 0.29) is 12.5 Å². The lowest BCUT2D eigenvalue weighted by Crippen LogP contribution is -2.44. The van der Waals surface area contributed by atoms with Crippen molar-refractivity contribution in [2.45, 2.75) is 45.4 Å². The smallest absolute Gasteiger partial charge is 0.222 e. The number of amides is 1. The summed E-state index contributed by atoms with van der Waals surface area (Å²) in [4.78, 5) is 18.4. The third-order valence-electron chi connectivity index (χ3n) is 4.95. The Morgan fingerprint density at radius 3 is 2.79 bits per heavy atom. The maximum atomic E-state index is 11.8. The molecule has 0 spiro atoms. The zero-order chi connectivity index (χ0) is 20.7. The van der Waals surface area contributed by atoms with Crippen molar-refractivity contribution < 1.29 is 14.3 Å². The van der Waals surface area contributed by atoms with Gasteiger partial charge in [-0.1, -0.05) is 24.3 Å². The minimum Gasteiger partial charge on any atom is -0.466 e. The SMILES string of the molecule is CCNC(=NCc1cccc(CN2CCCC2=O)c1)NCC(C)(O)c1ccco1. The normalized spacial score (nSPS) is 16.7. The second-order valence-corrected chi connectivity index (χ2v) is 7.54. The van der Waals surface area contributed by atoms with Gasteiger partial charge in [-0.3, -0.25) is 4.79 Å². The summed E-state index contributed by atoms with van der Waals surface area (Å²) >= 11 is 0. The molecule has 1 amide bonds. The van der Waals surface area contributed by atoms with E-state index >= 15 is 0 Å². The fourth-order valence-electron chi connectivity index (χ4n) is 3.36. The van der Waals surface area contributed by atoms with Crippen molar-refractivity contribution in [1.82, 2.24) is 15.5 Å². The van der Waals surface area contributed by atoms with E-state index < -0.39 is 5.60 Å². The first-order valence-corrected chi connectivity index (χ1v) is 10.1. The van der Waals surface area contributed by atoms with Gasteiger partial charge in [0.05, 0.1) is 19.4 Å². The lowest BCUT2D eigenvalue weighted by molar-refractivity contribution is -0.128. The van der Waals surface area contributed by atoms with Crippen LogP contribution in [0.4, 0.5) is 0 Å². The van der Waals surface area contributed by atoms with E-state index in [4.69, 9.17) is 4.42 Å². The molecule has 29 heavy (non-hydrogen) atoms. The standard InChI is InChI=1S/C22H30N4O3/c1-3-23-21(25-16-22(2,28)19-9-6-12-29-19)24-14-17-7-4-8-18(13-17)15-26-11-5-10-20(26)27/h4,6-9,12-13,28H,3,5,10-11,14-16H2,1-2H3,(H2,23,24,25). The second-order valence-electron chi connectivity index (χ2n) is 7.54. The highest BCUT2D eigenvalue weighted by Crippen LogP contribution is 2.20. The van der Waals surface area contributed by atoms with Gasteiger partial charge in [0.15, 0.2) is 5.96 Å². The van der Waals surface area contributed by atoms with E-state index in [0.29, 0.717) is 37.8 Å². The number of guanidine groups is 1. The molecule has 0 radical (unpaired) electrons. The van der Waals surface area contributed by atoms with Crippen molar-refractivity contribution >= 4 is 11.9 Å². The molecule has 2 aromatic rings. The first kappa shape index (κ1) is 20.9. The van der Waals surface area contributed by atoms with Gasteiger partial charge in [0.1, 0.15) is 11.4 Å². The van der Waals surface area contributed by atoms with Gasteiger partial charge in [0, 0.05) is 26.1 Å². The minimum absolute atomic E-state index is 0.232. The van der Waals surface area contributed by atoms with Crippen LogP contribution in [0.15, 0.2) is 52.1 Å². The molecule has 1 saturated heterocycles. The summed E-state index contributed by atoms with van der Waals surface area (Å²) < 4.78 is 5.32. The zero-order valence-corrected chi connectivity index (χ0v) is 17.1. The summed E-state index contributed by atoms with van der Waals surface area (Å²) in [7, 11) is 0. The van der Waals surface area contributed by atoms with Crippen LogP contribution in [0.25, 0.3) is 0 Å². The molecular formula is C22H30N4O3. The van der Waals surface area contributed by atoms with E-state index in [9.17, 15) is 9.90 Å². The quantitative estimate of drug-likeness (QED) is 0.469. The number of hydrogen-bond acceptors (Lipinski definition) is 4. The predicted molar refractivity (Wildman–Crippen MR) is 112 cm³/mol. The number of nitrogens with zero attached hydrogens (tertiary/aromatic N) is 2. The van der Waals surface area contributed by atoms with Crippen LogP contribution < -0.4 is 10.6 Å². The number of likely N-dealkylation sites (tertiary alicyclic amines) is 1. The Morgan fingerprint density at radius 1 is 1.28 bits per heavy atom. The Labute approximate surface area is 171 Å². The molecule has 1 atom stereocenters. The Kier molecular flexibility index (Phi) is 6.93. The van der Waals surface area contributed by atoms with Crippen molar-refractivity contribution in [1.29, 1.82) is 0 Å². The van der Waals surface area contributed by atoms with E-state index in [2.05, 4.69) is 21.7 Å². The molecule has 1 fully saturated rings. The predicted octanol–water partition coefficient (Wildman–Crippen LogP) is 2.36. The monoisotopic (exact) mass is 398 g/mol. The van der Waals surface area contributed by atoms with Crippen LogP contribution in [0.3, 0.4) is 0 Å². The maximum absolute atomic E-state index is 11.8. The lowest BCUT2D eigenvalue weighted by atomic mass is 10.0. The fourth-order valence-corrected chi connectivity index (χ4v) is 3.36. The Bertz CT molecular complexity index is 830. The number of carbonyl (C=O) groups is 1. The molecule has 7 heteroatoms. The highest BCUT2D eigenvalue weighted by molar-refractivity contribution is 5.80. The summed E-state index contributed by atoms with van der Waals surface area (Å²) in [5, 5.41) is 17.0. The number of benzene rings is 1. The first-order chi connectivity index (χ1) is 14.0. The van der Waals surface area contributed by atoms with E-state index in [1.807, 2.05) is 30.0 Å². The molecule has 0 saturated carbocycles. The molecule has 1 aliphatic rings. The molecule has 1 aromatic carbocycles. The molecule has 0 bridgehead atoms. The third kappa shape index (κ3) is 5.84. The number of rotatable bonds is 8. The molecule has 7 nitrogen and oxygen atoms in total. The van der Waals surface area contributed by atoms with Crippen molar-refractivity contribution in [2.24, 2.45) is 4.99 Å². The van der Waals surface area contributed by atoms with E-state index in [1.54, 1.807) is 25.3 Å². The van der Waals surface area contributed by atoms with Crippen LogP contribution in [0, 0.1) is 0 Å². The van der Waals surface area contributed by atoms with Gasteiger partial charge in [0.25, 0.3) is 0 Å². The van der Waals surface area contributed by atoms with Crippen LogP contribution >= 0.6 is 0 Å². The van der Waals surface area contributed by atoms with Gasteiger partial charge in [-0.25, -0.2) is 4.99 Å². The molecule has 3 rings (SSSR count). The molecule has 1 unspecified atom stereocenters. The van der Waals surface area contributed by atoms with E-state index in [0.717, 1.165) is 24.1 Å². The lowest BCUT2D eigenvalue weighted by Gasteiger charge is -2.22. The molecule has 0 aliphatic carbocycles. The van der Waals surface area contributed by atoms with Crippen LogP contribution in [0.1, 0.15) is 43.6 Å². The summed E-state index contributed by atoms with van der Waals surface area (Å²) in [5.74, 6) is 1.36. The second kappa shape index (κ2) is 9.60. The Balaban J connectivity index is 1.61. The molecular weight excluding hydrogens is 368 g/mol. The van der Waals surface area contributed by atoms with Crippen molar-refractivity contribution in [3.05, 3.63) is 59.5 Å². The topological polar surface area (TPSA) is 90.1 Å². The number of aliphatic hydroxyl groups is 1. The van der Waals surface area contributed by atoms with Crippen molar-refractivity contribution in [2.75, 3.05) is 19.6 Å². The molecule has 2 heterocycles. The number of furan rings is 1. The average Bonchev–Trinajstić information content (AvgIpc) is 3.37. The summed E-state index contributed by atoms with van der Waals surface area (Å²) in [5.41, 5.74) is 1.05. The van der Waals surface area contributed by atoms with Gasteiger partial charge in [-0.15, -0.1) is 0 Å². The molecule has 1 aromatic heterocycles. The summed E-state index contributed by atoms with van der Waals surface area (Å²) in [6, 6.07) is 11.7. The van der Waals surface area contributed by atoms with E-state index in [1.165, 1.54) is 0 Å².